The van der Waals surface area contributed by atoms with Crippen LogP contribution in [-0.2, 0) is 0 Å². The molecule has 0 unspecified atom stereocenters. The quantitative estimate of drug-likeness (QED) is 0.594. The Hall–Kier alpha value is -1.68. The third-order valence-electron chi connectivity index (χ3n) is 2.89. The van der Waals surface area contributed by atoms with Gasteiger partial charge in [0.05, 0.1) is 10.2 Å². The first kappa shape index (κ1) is 9.54. The molecule has 0 saturated carbocycles. The fourth-order valence-corrected chi connectivity index (χ4v) is 2.95. The van der Waals surface area contributed by atoms with Gasteiger partial charge in [-0.1, -0.05) is 17.4 Å². The molecule has 0 aliphatic carbocycles. The number of rotatable bonds is 0. The van der Waals surface area contributed by atoms with E-state index in [1.807, 2.05) is 4.40 Å². The lowest BCUT2D eigenvalue weighted by molar-refractivity contribution is 1.13. The molecule has 3 aromatic rings. The van der Waals surface area contributed by atoms with E-state index in [0.717, 1.165) is 10.5 Å². The van der Waals surface area contributed by atoms with E-state index in [4.69, 9.17) is 0 Å². The van der Waals surface area contributed by atoms with Crippen LogP contribution in [0, 0.1) is 13.8 Å². The van der Waals surface area contributed by atoms with E-state index < -0.39 is 0 Å². The molecule has 1 aromatic carbocycles. The zero-order valence-corrected chi connectivity index (χ0v) is 9.84. The number of thiazole rings is 1. The highest BCUT2D eigenvalue weighted by Crippen LogP contribution is 2.28. The summed E-state index contributed by atoms with van der Waals surface area (Å²) in [6, 6.07) is 5.69. The largest absolute Gasteiger partial charge is 0.291 e. The predicted molar refractivity (Wildman–Crippen MR) is 66.3 cm³/mol. The summed E-state index contributed by atoms with van der Waals surface area (Å²) in [6.07, 6.45) is 1.80. The minimum absolute atomic E-state index is 0.180. The maximum absolute atomic E-state index is 11.2. The maximum atomic E-state index is 11.2. The summed E-state index contributed by atoms with van der Waals surface area (Å²) < 4.78 is 3.16. The molecule has 0 spiro atoms. The highest BCUT2D eigenvalue weighted by molar-refractivity contribution is 7.23. The highest BCUT2D eigenvalue weighted by atomic mass is 32.1. The van der Waals surface area contributed by atoms with Gasteiger partial charge in [0.15, 0.2) is 4.96 Å². The molecule has 0 atom stereocenters. The molecule has 0 aliphatic rings. The van der Waals surface area contributed by atoms with Crippen molar-refractivity contribution in [1.82, 2.24) is 9.38 Å². The summed E-state index contributed by atoms with van der Waals surface area (Å²) in [5.74, 6) is 0. The van der Waals surface area contributed by atoms with Crippen LogP contribution in [-0.4, -0.2) is 9.38 Å². The van der Waals surface area contributed by atoms with Crippen molar-refractivity contribution in [3.63, 3.8) is 0 Å². The smallest absolute Gasteiger partial charge is 0.273 e. The average Bonchev–Trinajstić information content (AvgIpc) is 2.61. The Morgan fingerprint density at radius 3 is 2.88 bits per heavy atom. The maximum Gasteiger partial charge on any atom is 0.273 e. The second kappa shape index (κ2) is 3.15. The first-order valence-corrected chi connectivity index (χ1v) is 5.86. The third-order valence-corrected chi connectivity index (χ3v) is 3.90. The van der Waals surface area contributed by atoms with Gasteiger partial charge < -0.3 is 0 Å². The summed E-state index contributed by atoms with van der Waals surface area (Å²) in [7, 11) is 0. The van der Waals surface area contributed by atoms with Crippen LogP contribution in [0.4, 0.5) is 0 Å². The summed E-state index contributed by atoms with van der Waals surface area (Å²) >= 11 is 1.55. The van der Waals surface area contributed by atoms with Crippen molar-refractivity contribution in [2.75, 3.05) is 0 Å². The van der Waals surface area contributed by atoms with Crippen molar-refractivity contribution >= 4 is 26.5 Å². The highest BCUT2D eigenvalue weighted by Gasteiger charge is 2.08. The average molecular weight is 230 g/mol. The van der Waals surface area contributed by atoms with Crippen molar-refractivity contribution in [2.24, 2.45) is 0 Å². The van der Waals surface area contributed by atoms with E-state index in [1.165, 1.54) is 21.9 Å². The van der Waals surface area contributed by atoms with Gasteiger partial charge >= 0.3 is 0 Å². The van der Waals surface area contributed by atoms with Crippen LogP contribution >= 0.6 is 11.3 Å². The molecule has 16 heavy (non-hydrogen) atoms. The van der Waals surface area contributed by atoms with Crippen molar-refractivity contribution in [2.45, 2.75) is 13.8 Å². The minimum atomic E-state index is -0.180. The van der Waals surface area contributed by atoms with E-state index in [1.54, 1.807) is 17.5 Å². The lowest BCUT2D eigenvalue weighted by Gasteiger charge is -2.02. The molecule has 3 rings (SSSR count). The number of hydrogen-bond donors (Lipinski definition) is 0. The fraction of sp³-hybridized carbons (Fsp3) is 0.167. The summed E-state index contributed by atoms with van der Waals surface area (Å²) in [6.45, 7) is 4.19. The van der Waals surface area contributed by atoms with Gasteiger partial charge in [0.25, 0.3) is 5.56 Å². The molecular formula is C12H10N2OS. The lowest BCUT2D eigenvalue weighted by atomic mass is 10.1. The predicted octanol–water partition coefficient (Wildman–Crippen LogP) is 2.53. The van der Waals surface area contributed by atoms with Gasteiger partial charge in [0.1, 0.15) is 0 Å². The summed E-state index contributed by atoms with van der Waals surface area (Å²) in [5, 5.41) is 0. The molecule has 0 N–H and O–H groups in total. The number of nitrogens with zero attached hydrogens (tertiary/aromatic N) is 2. The van der Waals surface area contributed by atoms with Crippen LogP contribution in [0.5, 0.6) is 0 Å². The van der Waals surface area contributed by atoms with Gasteiger partial charge in [-0.2, -0.15) is 4.98 Å². The molecule has 4 heteroatoms. The number of aryl methyl sites for hydroxylation is 2. The molecule has 2 aromatic heterocycles. The van der Waals surface area contributed by atoms with Crippen molar-refractivity contribution < 1.29 is 0 Å². The topological polar surface area (TPSA) is 34.4 Å². The molecule has 0 amide bonds. The Balaban J connectivity index is 2.62. The van der Waals surface area contributed by atoms with Crippen LogP contribution < -0.4 is 5.56 Å². The Morgan fingerprint density at radius 2 is 2.06 bits per heavy atom. The molecule has 0 fully saturated rings. The molecule has 2 heterocycles. The second-order valence-electron chi connectivity index (χ2n) is 3.87. The van der Waals surface area contributed by atoms with Gasteiger partial charge in [-0.3, -0.25) is 9.20 Å². The Kier molecular flexibility index (Phi) is 1.88. The number of aromatic nitrogens is 2. The molecule has 3 nitrogen and oxygen atoms in total. The van der Waals surface area contributed by atoms with Crippen molar-refractivity contribution in [3.05, 3.63) is 45.9 Å². The van der Waals surface area contributed by atoms with E-state index in [0.29, 0.717) is 0 Å². The third kappa shape index (κ3) is 1.20. The zero-order chi connectivity index (χ0) is 11.3. The van der Waals surface area contributed by atoms with Crippen molar-refractivity contribution in [1.29, 1.82) is 0 Å². The van der Waals surface area contributed by atoms with Crippen LogP contribution in [0.1, 0.15) is 11.1 Å². The van der Waals surface area contributed by atoms with Crippen molar-refractivity contribution in [3.8, 4) is 0 Å². The first-order chi connectivity index (χ1) is 7.66. The van der Waals surface area contributed by atoms with Crippen LogP contribution in [0.3, 0.4) is 0 Å². The van der Waals surface area contributed by atoms with E-state index in [2.05, 4.69) is 31.0 Å². The van der Waals surface area contributed by atoms with E-state index in [-0.39, 0.29) is 5.56 Å². The Labute approximate surface area is 96.0 Å². The molecule has 0 radical (unpaired) electrons. The lowest BCUT2D eigenvalue weighted by Crippen LogP contribution is -2.04. The van der Waals surface area contributed by atoms with Gasteiger partial charge in [-0.05, 0) is 31.0 Å². The monoisotopic (exact) mass is 230 g/mol. The zero-order valence-electron chi connectivity index (χ0n) is 9.02. The van der Waals surface area contributed by atoms with Crippen LogP contribution in [0.25, 0.3) is 15.2 Å². The number of benzene rings is 1. The molecular weight excluding hydrogens is 220 g/mol. The molecule has 0 bridgehead atoms. The number of hydrogen-bond acceptors (Lipinski definition) is 3. The second-order valence-corrected chi connectivity index (χ2v) is 4.88. The molecule has 80 valence electrons. The first-order valence-electron chi connectivity index (χ1n) is 5.05. The Bertz CT molecular complexity index is 755. The number of fused-ring (bicyclic) bond motifs is 3. The Morgan fingerprint density at radius 1 is 1.25 bits per heavy atom. The molecule has 0 saturated heterocycles. The SMILES string of the molecule is Cc1ccc2sc3nc(=O)ccn3c2c1C. The van der Waals surface area contributed by atoms with Gasteiger partial charge in [0.2, 0.25) is 0 Å². The standard InChI is InChI=1S/C12H10N2OS/c1-7-3-4-9-11(8(7)2)14-6-5-10(15)13-12(14)16-9/h3-6H,1-2H3. The van der Waals surface area contributed by atoms with Gasteiger partial charge in [-0.15, -0.1) is 0 Å². The van der Waals surface area contributed by atoms with Gasteiger partial charge in [-0.25, -0.2) is 0 Å². The van der Waals surface area contributed by atoms with Crippen LogP contribution in [0.2, 0.25) is 0 Å². The summed E-state index contributed by atoms with van der Waals surface area (Å²) in [5.41, 5.74) is 3.48. The molecule has 0 aliphatic heterocycles. The van der Waals surface area contributed by atoms with Gasteiger partial charge in [0, 0.05) is 12.3 Å². The van der Waals surface area contributed by atoms with E-state index in [9.17, 15) is 4.79 Å². The van der Waals surface area contributed by atoms with Crippen LogP contribution in [0.15, 0.2) is 29.2 Å². The normalized spacial score (nSPS) is 11.4. The fourth-order valence-electron chi connectivity index (χ4n) is 1.89. The summed E-state index contributed by atoms with van der Waals surface area (Å²) in [4.78, 5) is 16.0. The van der Waals surface area contributed by atoms with E-state index >= 15 is 0 Å². The minimum Gasteiger partial charge on any atom is -0.291 e.